The highest BCUT2D eigenvalue weighted by Crippen LogP contribution is 2.29. The molecule has 2 fully saturated rings. The van der Waals surface area contributed by atoms with Crippen molar-refractivity contribution in [1.82, 2.24) is 35.1 Å². The van der Waals surface area contributed by atoms with Gasteiger partial charge in [0, 0.05) is 61.6 Å². The molecule has 12 heteroatoms. The second-order valence-electron chi connectivity index (χ2n) is 10.6. The molecular weight excluding hydrogens is 532 g/mol. The summed E-state index contributed by atoms with van der Waals surface area (Å²) in [6, 6.07) is 16.7. The van der Waals surface area contributed by atoms with Gasteiger partial charge < -0.3 is 19.7 Å². The van der Waals surface area contributed by atoms with Crippen molar-refractivity contribution in [1.29, 1.82) is 5.26 Å². The van der Waals surface area contributed by atoms with Crippen molar-refractivity contribution in [2.75, 3.05) is 49.6 Å². The molecule has 1 unspecified atom stereocenters. The Morgan fingerprint density at radius 3 is 2.60 bits per heavy atom. The van der Waals surface area contributed by atoms with E-state index in [9.17, 15) is 5.26 Å². The summed E-state index contributed by atoms with van der Waals surface area (Å²) in [5.74, 6) is 1.01. The first-order valence-electron chi connectivity index (χ1n) is 14.3. The van der Waals surface area contributed by atoms with Gasteiger partial charge in [-0.1, -0.05) is 12.1 Å². The molecule has 2 aromatic carbocycles. The van der Waals surface area contributed by atoms with Crippen LogP contribution in [-0.4, -0.2) is 86.6 Å². The molecule has 0 bridgehead atoms. The number of anilines is 3. The third-order valence-electron chi connectivity index (χ3n) is 7.75. The van der Waals surface area contributed by atoms with Crippen molar-refractivity contribution in [3.63, 3.8) is 0 Å². The Hall–Kier alpha value is -4.60. The topological polar surface area (TPSA) is 130 Å². The highest BCUT2D eigenvalue weighted by Gasteiger charge is 2.26. The van der Waals surface area contributed by atoms with Crippen LogP contribution in [0.25, 0.3) is 11.1 Å². The van der Waals surface area contributed by atoms with Crippen LogP contribution in [-0.2, 0) is 11.3 Å². The molecule has 1 atom stereocenters. The number of rotatable bonds is 9. The SMILES string of the molecule is CC(Cn1cnnn1)Oc1cc(-c2cnc(Nc3cccc(N4CCC(N5CCOCC5)CC4)c3)nc2)ccc1C#N. The van der Waals surface area contributed by atoms with E-state index >= 15 is 0 Å². The van der Waals surface area contributed by atoms with Crippen LogP contribution in [0.2, 0.25) is 0 Å². The minimum Gasteiger partial charge on any atom is -0.487 e. The highest BCUT2D eigenvalue weighted by atomic mass is 16.5. The summed E-state index contributed by atoms with van der Waals surface area (Å²) in [5, 5.41) is 24.1. The maximum Gasteiger partial charge on any atom is 0.227 e. The van der Waals surface area contributed by atoms with Crippen LogP contribution in [0.4, 0.5) is 17.3 Å². The lowest BCUT2D eigenvalue weighted by atomic mass is 10.0. The fraction of sp³-hybridized carbons (Fsp3) is 0.400. The van der Waals surface area contributed by atoms with Gasteiger partial charge in [-0.3, -0.25) is 4.90 Å². The molecule has 0 spiro atoms. The van der Waals surface area contributed by atoms with Gasteiger partial charge in [0.25, 0.3) is 0 Å². The number of nitrogens with one attached hydrogen (secondary N) is 1. The third kappa shape index (κ3) is 6.64. The van der Waals surface area contributed by atoms with Crippen molar-refractivity contribution in [2.45, 2.75) is 38.5 Å². The lowest BCUT2D eigenvalue weighted by Gasteiger charge is -2.40. The van der Waals surface area contributed by atoms with E-state index in [1.54, 1.807) is 23.1 Å². The van der Waals surface area contributed by atoms with Gasteiger partial charge >= 0.3 is 0 Å². The van der Waals surface area contributed by atoms with Crippen molar-refractivity contribution in [3.8, 4) is 22.9 Å². The standard InChI is InChI=1S/C30H34N10O2/c1-22(20-40-21-34-36-37-40)42-29-15-23(5-6-24(29)17-31)25-18-32-30(33-19-25)35-26-3-2-4-28(16-26)38-9-7-27(8-10-38)39-11-13-41-14-12-39/h2-6,15-16,18-19,21-22,27H,7-14,20H2,1H3,(H,32,33,35). The fourth-order valence-corrected chi connectivity index (χ4v) is 5.56. The molecule has 2 aliphatic heterocycles. The summed E-state index contributed by atoms with van der Waals surface area (Å²) in [7, 11) is 0. The van der Waals surface area contributed by atoms with Crippen LogP contribution in [0.15, 0.2) is 61.2 Å². The van der Waals surface area contributed by atoms with Crippen LogP contribution in [0.3, 0.4) is 0 Å². The zero-order valence-corrected chi connectivity index (χ0v) is 23.6. The number of nitrogens with zero attached hydrogens (tertiary/aromatic N) is 9. The van der Waals surface area contributed by atoms with Crippen LogP contribution in [0.5, 0.6) is 5.75 Å². The van der Waals surface area contributed by atoms with Crippen molar-refractivity contribution >= 4 is 17.3 Å². The minimum absolute atomic E-state index is 0.245. The molecule has 2 saturated heterocycles. The fourth-order valence-electron chi connectivity index (χ4n) is 5.56. The largest absolute Gasteiger partial charge is 0.487 e. The third-order valence-corrected chi connectivity index (χ3v) is 7.75. The summed E-state index contributed by atoms with van der Waals surface area (Å²) in [5.41, 5.74) is 4.27. The van der Waals surface area contributed by atoms with Gasteiger partial charge in [-0.25, -0.2) is 14.6 Å². The second-order valence-corrected chi connectivity index (χ2v) is 10.6. The molecule has 6 rings (SSSR count). The molecule has 0 aliphatic carbocycles. The number of nitriles is 1. The number of piperidine rings is 1. The number of hydrogen-bond acceptors (Lipinski definition) is 11. The molecule has 2 aromatic heterocycles. The molecule has 0 amide bonds. The maximum atomic E-state index is 9.58. The molecule has 4 aromatic rings. The molecule has 4 heterocycles. The van der Waals surface area contributed by atoms with E-state index < -0.39 is 0 Å². The number of hydrogen-bond donors (Lipinski definition) is 1. The molecular formula is C30H34N10O2. The maximum absolute atomic E-state index is 9.58. The van der Waals surface area contributed by atoms with Gasteiger partial charge in [0.05, 0.1) is 25.3 Å². The van der Waals surface area contributed by atoms with Gasteiger partial charge in [0.15, 0.2) is 0 Å². The molecule has 1 N–H and O–H groups in total. The van der Waals surface area contributed by atoms with E-state index in [0.717, 1.165) is 56.2 Å². The highest BCUT2D eigenvalue weighted by molar-refractivity contribution is 5.67. The van der Waals surface area contributed by atoms with Crippen LogP contribution < -0.4 is 15.0 Å². The number of tetrazole rings is 1. The summed E-state index contributed by atoms with van der Waals surface area (Å²) in [4.78, 5) is 14.2. The van der Waals surface area contributed by atoms with E-state index in [2.05, 4.69) is 64.9 Å². The van der Waals surface area contributed by atoms with Gasteiger partial charge in [-0.15, -0.1) is 5.10 Å². The van der Waals surface area contributed by atoms with Gasteiger partial charge in [-0.05, 0) is 66.1 Å². The lowest BCUT2D eigenvalue weighted by molar-refractivity contribution is 0.0115. The Morgan fingerprint density at radius 2 is 1.86 bits per heavy atom. The summed E-state index contributed by atoms with van der Waals surface area (Å²) >= 11 is 0. The minimum atomic E-state index is -0.245. The average molecular weight is 567 g/mol. The van der Waals surface area contributed by atoms with Crippen molar-refractivity contribution in [2.24, 2.45) is 0 Å². The van der Waals surface area contributed by atoms with E-state index in [-0.39, 0.29) is 6.10 Å². The van der Waals surface area contributed by atoms with Crippen molar-refractivity contribution in [3.05, 3.63) is 66.7 Å². The predicted molar refractivity (Wildman–Crippen MR) is 157 cm³/mol. The lowest BCUT2D eigenvalue weighted by Crippen LogP contribution is -2.49. The first-order valence-corrected chi connectivity index (χ1v) is 14.3. The Bertz CT molecular complexity index is 1490. The monoisotopic (exact) mass is 566 g/mol. The quantitative estimate of drug-likeness (QED) is 0.319. The molecule has 42 heavy (non-hydrogen) atoms. The normalized spacial score (nSPS) is 17.0. The first kappa shape index (κ1) is 27.6. The van der Waals surface area contributed by atoms with E-state index in [0.29, 0.717) is 29.8 Å². The number of morpholine rings is 1. The Labute approximate surface area is 244 Å². The van der Waals surface area contributed by atoms with Crippen LogP contribution >= 0.6 is 0 Å². The number of ether oxygens (including phenoxy) is 2. The second kappa shape index (κ2) is 12.9. The zero-order chi connectivity index (χ0) is 28.7. The van der Waals surface area contributed by atoms with E-state index in [1.807, 2.05) is 25.1 Å². The van der Waals surface area contributed by atoms with Crippen molar-refractivity contribution < 1.29 is 9.47 Å². The number of benzene rings is 2. The van der Waals surface area contributed by atoms with Gasteiger partial charge in [0.1, 0.15) is 24.3 Å². The van der Waals surface area contributed by atoms with E-state index in [1.165, 1.54) is 24.9 Å². The summed E-state index contributed by atoms with van der Waals surface area (Å²) in [6.07, 6.45) is 7.16. The Balaban J connectivity index is 1.08. The zero-order valence-electron chi connectivity index (χ0n) is 23.6. The summed E-state index contributed by atoms with van der Waals surface area (Å²) in [6.45, 7) is 8.25. The van der Waals surface area contributed by atoms with Crippen LogP contribution in [0.1, 0.15) is 25.3 Å². The first-order chi connectivity index (χ1) is 20.6. The molecule has 0 radical (unpaired) electrons. The molecule has 2 aliphatic rings. The average Bonchev–Trinajstić information content (AvgIpc) is 3.55. The predicted octanol–water partition coefficient (Wildman–Crippen LogP) is 3.51. The molecule has 0 saturated carbocycles. The number of aromatic nitrogens is 6. The Morgan fingerprint density at radius 1 is 1.05 bits per heavy atom. The van der Waals surface area contributed by atoms with Gasteiger partial charge in [-0.2, -0.15) is 5.26 Å². The Kier molecular flexibility index (Phi) is 8.48. The van der Waals surface area contributed by atoms with Gasteiger partial charge in [0.2, 0.25) is 5.95 Å². The smallest absolute Gasteiger partial charge is 0.227 e. The van der Waals surface area contributed by atoms with Crippen LogP contribution in [0, 0.1) is 11.3 Å². The van der Waals surface area contributed by atoms with E-state index in [4.69, 9.17) is 9.47 Å². The summed E-state index contributed by atoms with van der Waals surface area (Å²) < 4.78 is 13.2. The molecule has 12 nitrogen and oxygen atoms in total. The molecule has 216 valence electrons.